The Labute approximate surface area is 135 Å². The smallest absolute Gasteiger partial charge is 0.269 e. The van der Waals surface area contributed by atoms with Crippen molar-refractivity contribution in [2.45, 2.75) is 32.6 Å². The summed E-state index contributed by atoms with van der Waals surface area (Å²) >= 11 is 0. The highest BCUT2D eigenvalue weighted by atomic mass is 16.6. The predicted octanol–water partition coefficient (Wildman–Crippen LogP) is 4.46. The Morgan fingerprint density at radius 1 is 0.957 bits per heavy atom. The van der Waals surface area contributed by atoms with E-state index in [0.717, 1.165) is 11.3 Å². The van der Waals surface area contributed by atoms with E-state index >= 15 is 0 Å². The number of amides is 1. The average molecular weight is 312 g/mol. The molecular weight excluding hydrogens is 292 g/mol. The molecule has 0 fully saturated rings. The molecule has 0 aliphatic carbocycles. The fraction of sp³-hybridized carbons (Fsp3) is 0.278. The van der Waals surface area contributed by atoms with Crippen LogP contribution >= 0.6 is 0 Å². The number of hydrogen-bond donors (Lipinski definition) is 1. The topological polar surface area (TPSA) is 72.2 Å². The van der Waals surface area contributed by atoms with Crippen molar-refractivity contribution < 1.29 is 9.72 Å². The van der Waals surface area contributed by atoms with Crippen molar-refractivity contribution in [3.8, 4) is 0 Å². The van der Waals surface area contributed by atoms with Crippen LogP contribution in [0.4, 0.5) is 11.4 Å². The molecule has 0 saturated carbocycles. The Morgan fingerprint density at radius 3 is 1.96 bits per heavy atom. The third kappa shape index (κ3) is 4.16. The third-order valence-corrected chi connectivity index (χ3v) is 3.84. The van der Waals surface area contributed by atoms with Gasteiger partial charge in [-0.3, -0.25) is 14.9 Å². The molecule has 1 N–H and O–H groups in total. The van der Waals surface area contributed by atoms with Crippen LogP contribution in [0.25, 0.3) is 0 Å². The number of non-ortho nitro benzene ring substituents is 1. The number of benzene rings is 2. The zero-order valence-corrected chi connectivity index (χ0v) is 13.4. The van der Waals surface area contributed by atoms with Crippen molar-refractivity contribution in [2.75, 3.05) is 5.32 Å². The van der Waals surface area contributed by atoms with E-state index in [1.165, 1.54) is 17.7 Å². The van der Waals surface area contributed by atoms with Crippen LogP contribution in [-0.4, -0.2) is 10.8 Å². The lowest BCUT2D eigenvalue weighted by Gasteiger charge is -2.13. The molecule has 23 heavy (non-hydrogen) atoms. The molecule has 0 bridgehead atoms. The van der Waals surface area contributed by atoms with Crippen LogP contribution in [0.2, 0.25) is 0 Å². The van der Waals surface area contributed by atoms with E-state index in [9.17, 15) is 14.9 Å². The van der Waals surface area contributed by atoms with Crippen molar-refractivity contribution in [3.63, 3.8) is 0 Å². The minimum Gasteiger partial charge on any atom is -0.326 e. The molecule has 2 aromatic carbocycles. The zero-order chi connectivity index (χ0) is 17.0. The molecule has 0 radical (unpaired) electrons. The van der Waals surface area contributed by atoms with Gasteiger partial charge in [-0.15, -0.1) is 0 Å². The third-order valence-electron chi connectivity index (χ3n) is 3.84. The summed E-state index contributed by atoms with van der Waals surface area (Å²) < 4.78 is 0. The molecule has 5 heteroatoms. The first-order valence-electron chi connectivity index (χ1n) is 7.53. The maximum atomic E-state index is 12.3. The summed E-state index contributed by atoms with van der Waals surface area (Å²) in [7, 11) is 0. The second-order valence-corrected chi connectivity index (χ2v) is 5.84. The summed E-state index contributed by atoms with van der Waals surface area (Å²) in [6, 6.07) is 13.8. The number of nitrogens with one attached hydrogen (secondary N) is 1. The molecule has 0 aliphatic heterocycles. The number of carbonyl (C=O) groups excluding carboxylic acids is 1. The van der Waals surface area contributed by atoms with Crippen LogP contribution < -0.4 is 5.32 Å². The summed E-state index contributed by atoms with van der Waals surface area (Å²) in [5, 5.41) is 13.5. The average Bonchev–Trinajstić information content (AvgIpc) is 2.54. The van der Waals surface area contributed by atoms with Crippen molar-refractivity contribution >= 4 is 17.3 Å². The molecule has 0 aromatic heterocycles. The Bertz CT molecular complexity index is 691. The standard InChI is InChI=1S/C18H20N2O3/c1-12(2)14-4-8-16(9-5-14)19-18(21)13(3)15-6-10-17(11-7-15)20(22)23/h4-13H,1-3H3,(H,19,21). The van der Waals surface area contributed by atoms with Crippen molar-refractivity contribution in [1.29, 1.82) is 0 Å². The highest BCUT2D eigenvalue weighted by Crippen LogP contribution is 2.22. The van der Waals surface area contributed by atoms with Crippen molar-refractivity contribution in [3.05, 3.63) is 69.8 Å². The number of nitro groups is 1. The lowest BCUT2D eigenvalue weighted by molar-refractivity contribution is -0.384. The van der Waals surface area contributed by atoms with Crippen LogP contribution in [0, 0.1) is 10.1 Å². The van der Waals surface area contributed by atoms with Gasteiger partial charge in [0.2, 0.25) is 5.91 Å². The van der Waals surface area contributed by atoms with E-state index in [2.05, 4.69) is 19.2 Å². The summed E-state index contributed by atoms with van der Waals surface area (Å²) in [5.41, 5.74) is 2.72. The Morgan fingerprint density at radius 2 is 1.48 bits per heavy atom. The molecule has 0 saturated heterocycles. The maximum absolute atomic E-state index is 12.3. The highest BCUT2D eigenvalue weighted by Gasteiger charge is 2.16. The quantitative estimate of drug-likeness (QED) is 0.654. The fourth-order valence-electron chi connectivity index (χ4n) is 2.24. The molecular formula is C18H20N2O3. The molecule has 2 aromatic rings. The first-order chi connectivity index (χ1) is 10.9. The van der Waals surface area contributed by atoms with E-state index in [-0.39, 0.29) is 17.5 Å². The van der Waals surface area contributed by atoms with Gasteiger partial charge in [-0.2, -0.15) is 0 Å². The number of carbonyl (C=O) groups is 1. The number of anilines is 1. The Balaban J connectivity index is 2.05. The predicted molar refractivity (Wildman–Crippen MR) is 90.7 cm³/mol. The molecule has 2 rings (SSSR count). The highest BCUT2D eigenvalue weighted by molar-refractivity contribution is 5.95. The lowest BCUT2D eigenvalue weighted by Crippen LogP contribution is -2.18. The van der Waals surface area contributed by atoms with E-state index in [1.54, 1.807) is 19.1 Å². The second kappa shape index (κ2) is 7.05. The number of nitrogens with zero attached hydrogens (tertiary/aromatic N) is 1. The Kier molecular flexibility index (Phi) is 5.11. The van der Waals surface area contributed by atoms with Crippen LogP contribution in [-0.2, 0) is 4.79 Å². The van der Waals surface area contributed by atoms with Crippen molar-refractivity contribution in [2.24, 2.45) is 0 Å². The van der Waals surface area contributed by atoms with Gasteiger partial charge in [-0.25, -0.2) is 0 Å². The Hall–Kier alpha value is -2.69. The van der Waals surface area contributed by atoms with Gasteiger partial charge in [0, 0.05) is 17.8 Å². The molecule has 120 valence electrons. The van der Waals surface area contributed by atoms with Gasteiger partial charge >= 0.3 is 0 Å². The van der Waals surface area contributed by atoms with Gasteiger partial charge in [-0.1, -0.05) is 38.1 Å². The van der Waals surface area contributed by atoms with Gasteiger partial charge in [0.05, 0.1) is 10.8 Å². The van der Waals surface area contributed by atoms with Gasteiger partial charge in [0.25, 0.3) is 5.69 Å². The van der Waals surface area contributed by atoms with Gasteiger partial charge in [-0.05, 0) is 36.1 Å². The summed E-state index contributed by atoms with van der Waals surface area (Å²) in [6.07, 6.45) is 0. The van der Waals surface area contributed by atoms with Gasteiger partial charge < -0.3 is 5.32 Å². The van der Waals surface area contributed by atoms with Crippen LogP contribution in [0.15, 0.2) is 48.5 Å². The molecule has 1 unspecified atom stereocenters. The minimum absolute atomic E-state index is 0.0191. The van der Waals surface area contributed by atoms with Crippen LogP contribution in [0.1, 0.15) is 43.7 Å². The molecule has 0 aliphatic rings. The zero-order valence-electron chi connectivity index (χ0n) is 13.4. The normalized spacial score (nSPS) is 12.0. The minimum atomic E-state index is -0.454. The van der Waals surface area contributed by atoms with Gasteiger partial charge in [0.15, 0.2) is 0 Å². The van der Waals surface area contributed by atoms with Gasteiger partial charge in [0.1, 0.15) is 0 Å². The lowest BCUT2D eigenvalue weighted by atomic mass is 9.99. The number of nitro benzene ring substituents is 1. The van der Waals surface area contributed by atoms with Crippen LogP contribution in [0.3, 0.4) is 0 Å². The molecule has 1 atom stereocenters. The second-order valence-electron chi connectivity index (χ2n) is 5.84. The molecule has 0 spiro atoms. The SMILES string of the molecule is CC(C)c1ccc(NC(=O)C(C)c2ccc([N+](=O)[O-])cc2)cc1. The van der Waals surface area contributed by atoms with E-state index in [0.29, 0.717) is 5.92 Å². The molecule has 5 nitrogen and oxygen atoms in total. The van der Waals surface area contributed by atoms with Crippen LogP contribution in [0.5, 0.6) is 0 Å². The maximum Gasteiger partial charge on any atom is 0.269 e. The largest absolute Gasteiger partial charge is 0.326 e. The summed E-state index contributed by atoms with van der Waals surface area (Å²) in [6.45, 7) is 6.01. The van der Waals surface area contributed by atoms with Crippen molar-refractivity contribution in [1.82, 2.24) is 0 Å². The first-order valence-corrected chi connectivity index (χ1v) is 7.53. The van der Waals surface area contributed by atoms with E-state index < -0.39 is 4.92 Å². The number of hydrogen-bond acceptors (Lipinski definition) is 3. The molecule has 1 amide bonds. The first kappa shape index (κ1) is 16.7. The monoisotopic (exact) mass is 312 g/mol. The summed E-state index contributed by atoms with van der Waals surface area (Å²) in [4.78, 5) is 22.5. The molecule has 0 heterocycles. The fourth-order valence-corrected chi connectivity index (χ4v) is 2.24. The summed E-state index contributed by atoms with van der Waals surface area (Å²) in [5.74, 6) is -0.0875. The number of rotatable bonds is 5. The van der Waals surface area contributed by atoms with E-state index in [4.69, 9.17) is 0 Å². The van der Waals surface area contributed by atoms with E-state index in [1.807, 2.05) is 24.3 Å².